The van der Waals surface area contributed by atoms with Crippen molar-refractivity contribution in [3.8, 4) is 0 Å². The predicted molar refractivity (Wildman–Crippen MR) is 73.7 cm³/mol. The van der Waals surface area contributed by atoms with Crippen LogP contribution in [0.1, 0.15) is 36.0 Å². The zero-order valence-corrected chi connectivity index (χ0v) is 11.4. The molecule has 19 heavy (non-hydrogen) atoms. The van der Waals surface area contributed by atoms with Crippen molar-refractivity contribution in [3.63, 3.8) is 0 Å². The lowest BCUT2D eigenvalue weighted by Crippen LogP contribution is -2.44. The van der Waals surface area contributed by atoms with Gasteiger partial charge in [-0.15, -0.1) is 0 Å². The summed E-state index contributed by atoms with van der Waals surface area (Å²) < 4.78 is 12.9. The van der Waals surface area contributed by atoms with E-state index in [1.807, 2.05) is 0 Å². The second kappa shape index (κ2) is 6.35. The van der Waals surface area contributed by atoms with E-state index in [2.05, 4.69) is 5.32 Å². The smallest absolute Gasteiger partial charge is 0.253 e. The highest BCUT2D eigenvalue weighted by Crippen LogP contribution is 2.27. The van der Waals surface area contributed by atoms with Crippen LogP contribution in [0.3, 0.4) is 0 Å². The van der Waals surface area contributed by atoms with Gasteiger partial charge in [0.1, 0.15) is 5.82 Å². The van der Waals surface area contributed by atoms with Crippen molar-refractivity contribution in [2.45, 2.75) is 31.7 Å². The van der Waals surface area contributed by atoms with Gasteiger partial charge in [-0.05, 0) is 37.0 Å². The minimum Gasteiger partial charge on any atom is -0.348 e. The Kier molecular flexibility index (Phi) is 4.77. The van der Waals surface area contributed by atoms with Gasteiger partial charge in [-0.25, -0.2) is 4.39 Å². The molecule has 0 heterocycles. The molecule has 3 nitrogen and oxygen atoms in total. The third-order valence-corrected chi connectivity index (χ3v) is 4.03. The number of amides is 1. The molecule has 0 radical (unpaired) electrons. The highest BCUT2D eigenvalue weighted by molar-refractivity contribution is 6.33. The van der Waals surface area contributed by atoms with Crippen LogP contribution >= 0.6 is 11.6 Å². The lowest BCUT2D eigenvalue weighted by molar-refractivity contribution is 0.0924. The first-order valence-electron chi connectivity index (χ1n) is 6.58. The molecule has 2 rings (SSSR count). The van der Waals surface area contributed by atoms with E-state index in [4.69, 9.17) is 17.3 Å². The third-order valence-electron chi connectivity index (χ3n) is 3.72. The molecule has 1 aromatic carbocycles. The molecule has 104 valence electrons. The summed E-state index contributed by atoms with van der Waals surface area (Å²) in [5.74, 6) is -0.298. The molecule has 0 aromatic heterocycles. The van der Waals surface area contributed by atoms with E-state index in [1.54, 1.807) is 0 Å². The monoisotopic (exact) mass is 284 g/mol. The van der Waals surface area contributed by atoms with Crippen LogP contribution in [0.25, 0.3) is 0 Å². The van der Waals surface area contributed by atoms with Crippen molar-refractivity contribution < 1.29 is 9.18 Å². The molecular formula is C14H18ClFN2O. The summed E-state index contributed by atoms with van der Waals surface area (Å²) in [6.07, 6.45) is 4.57. The Morgan fingerprint density at radius 2 is 2.16 bits per heavy atom. The summed E-state index contributed by atoms with van der Waals surface area (Å²) >= 11 is 5.88. The van der Waals surface area contributed by atoms with Crippen LogP contribution in [0.4, 0.5) is 4.39 Å². The van der Waals surface area contributed by atoms with Crippen LogP contribution in [0, 0.1) is 11.7 Å². The van der Waals surface area contributed by atoms with Crippen molar-refractivity contribution in [3.05, 3.63) is 34.6 Å². The predicted octanol–water partition coefficient (Wildman–Crippen LogP) is 2.73. The first-order valence-corrected chi connectivity index (χ1v) is 6.95. The average molecular weight is 285 g/mol. The van der Waals surface area contributed by atoms with Gasteiger partial charge in [-0.3, -0.25) is 4.79 Å². The number of hydrogen-bond donors (Lipinski definition) is 2. The van der Waals surface area contributed by atoms with Gasteiger partial charge in [-0.1, -0.05) is 24.4 Å². The number of carbonyl (C=O) groups is 1. The second-order valence-corrected chi connectivity index (χ2v) is 5.39. The van der Waals surface area contributed by atoms with Gasteiger partial charge >= 0.3 is 0 Å². The van der Waals surface area contributed by atoms with Gasteiger partial charge in [0.2, 0.25) is 0 Å². The van der Waals surface area contributed by atoms with Gasteiger partial charge in [0.25, 0.3) is 5.91 Å². The SMILES string of the molecule is NCC(NC(=O)c1ccc(F)cc1Cl)C1CCCC1. The van der Waals surface area contributed by atoms with Crippen LogP contribution in [0.15, 0.2) is 18.2 Å². The summed E-state index contributed by atoms with van der Waals surface area (Å²) in [6.45, 7) is 0.412. The van der Waals surface area contributed by atoms with Crippen LogP contribution in [0.5, 0.6) is 0 Å². The third kappa shape index (κ3) is 3.45. The van der Waals surface area contributed by atoms with Crippen LogP contribution in [-0.2, 0) is 0 Å². The van der Waals surface area contributed by atoms with Crippen molar-refractivity contribution in [2.24, 2.45) is 11.7 Å². The fourth-order valence-electron chi connectivity index (χ4n) is 2.65. The van der Waals surface area contributed by atoms with Gasteiger partial charge in [0.05, 0.1) is 10.6 Å². The number of halogens is 2. The van der Waals surface area contributed by atoms with Crippen LogP contribution in [0.2, 0.25) is 5.02 Å². The molecule has 0 saturated heterocycles. The topological polar surface area (TPSA) is 55.1 Å². The quantitative estimate of drug-likeness (QED) is 0.893. The molecule has 1 saturated carbocycles. The maximum absolute atomic E-state index is 12.9. The summed E-state index contributed by atoms with van der Waals surface area (Å²) in [5.41, 5.74) is 6.02. The Morgan fingerprint density at radius 1 is 1.47 bits per heavy atom. The summed E-state index contributed by atoms with van der Waals surface area (Å²) in [6, 6.07) is 3.74. The maximum Gasteiger partial charge on any atom is 0.253 e. The van der Waals surface area contributed by atoms with E-state index in [1.165, 1.54) is 25.0 Å². The van der Waals surface area contributed by atoms with Gasteiger partial charge in [-0.2, -0.15) is 0 Å². The minimum absolute atomic E-state index is 0.0314. The molecule has 1 aliphatic rings. The molecule has 1 atom stereocenters. The number of hydrogen-bond acceptors (Lipinski definition) is 2. The molecule has 1 aliphatic carbocycles. The van der Waals surface area contributed by atoms with Gasteiger partial charge < -0.3 is 11.1 Å². The number of nitrogens with two attached hydrogens (primary N) is 1. The van der Waals surface area contributed by atoms with E-state index < -0.39 is 5.82 Å². The fraction of sp³-hybridized carbons (Fsp3) is 0.500. The highest BCUT2D eigenvalue weighted by atomic mass is 35.5. The summed E-state index contributed by atoms with van der Waals surface area (Å²) in [4.78, 5) is 12.1. The van der Waals surface area contributed by atoms with E-state index in [0.717, 1.165) is 18.9 Å². The molecule has 0 bridgehead atoms. The van der Waals surface area contributed by atoms with Crippen molar-refractivity contribution in [1.29, 1.82) is 0 Å². The fourth-order valence-corrected chi connectivity index (χ4v) is 2.90. The molecule has 0 aliphatic heterocycles. The van der Waals surface area contributed by atoms with E-state index in [-0.39, 0.29) is 17.0 Å². The molecule has 1 aromatic rings. The highest BCUT2D eigenvalue weighted by Gasteiger charge is 2.26. The molecule has 1 unspecified atom stereocenters. The Balaban J connectivity index is 2.06. The minimum atomic E-state index is -0.451. The zero-order valence-electron chi connectivity index (χ0n) is 10.7. The van der Waals surface area contributed by atoms with Gasteiger partial charge in [0.15, 0.2) is 0 Å². The van der Waals surface area contributed by atoms with Gasteiger partial charge in [0, 0.05) is 12.6 Å². The number of rotatable bonds is 4. The van der Waals surface area contributed by atoms with Crippen LogP contribution in [-0.4, -0.2) is 18.5 Å². The first-order chi connectivity index (χ1) is 9.11. The Morgan fingerprint density at radius 3 is 2.74 bits per heavy atom. The van der Waals surface area contributed by atoms with Crippen molar-refractivity contribution in [1.82, 2.24) is 5.32 Å². The summed E-state index contributed by atoms with van der Waals surface area (Å²) in [5, 5.41) is 3.04. The van der Waals surface area contributed by atoms with Crippen LogP contribution < -0.4 is 11.1 Å². The average Bonchev–Trinajstić information content (AvgIpc) is 2.89. The molecular weight excluding hydrogens is 267 g/mol. The molecule has 1 fully saturated rings. The molecule has 3 N–H and O–H groups in total. The number of nitrogens with one attached hydrogen (secondary N) is 1. The van der Waals surface area contributed by atoms with Crippen molar-refractivity contribution in [2.75, 3.05) is 6.54 Å². The molecule has 0 spiro atoms. The Bertz CT molecular complexity index is 461. The number of carbonyl (C=O) groups excluding carboxylic acids is 1. The standard InChI is InChI=1S/C14H18ClFN2O/c15-12-7-10(16)5-6-11(12)14(19)18-13(8-17)9-3-1-2-4-9/h5-7,9,13H,1-4,8,17H2,(H,18,19). The van der Waals surface area contributed by atoms with E-state index in [0.29, 0.717) is 18.0 Å². The van der Waals surface area contributed by atoms with E-state index in [9.17, 15) is 9.18 Å². The summed E-state index contributed by atoms with van der Waals surface area (Å²) in [7, 11) is 0. The van der Waals surface area contributed by atoms with Crippen molar-refractivity contribution >= 4 is 17.5 Å². The maximum atomic E-state index is 12.9. The second-order valence-electron chi connectivity index (χ2n) is 4.98. The van der Waals surface area contributed by atoms with E-state index >= 15 is 0 Å². The lowest BCUT2D eigenvalue weighted by atomic mass is 9.98. The Hall–Kier alpha value is -1.13. The Labute approximate surface area is 117 Å². The largest absolute Gasteiger partial charge is 0.348 e. The molecule has 1 amide bonds. The molecule has 5 heteroatoms. The normalized spacial score (nSPS) is 17.4. The first kappa shape index (κ1) is 14.3. The zero-order chi connectivity index (χ0) is 13.8. The number of benzene rings is 1. The lowest BCUT2D eigenvalue weighted by Gasteiger charge is -2.23.